The summed E-state index contributed by atoms with van der Waals surface area (Å²) >= 11 is 0. The summed E-state index contributed by atoms with van der Waals surface area (Å²) in [5.41, 5.74) is 3.37. The normalized spacial score (nSPS) is 11.8. The van der Waals surface area contributed by atoms with Crippen molar-refractivity contribution < 1.29 is 14.3 Å². The zero-order valence-electron chi connectivity index (χ0n) is 14.3. The fourth-order valence-corrected chi connectivity index (χ4v) is 2.31. The molecule has 0 radical (unpaired) electrons. The van der Waals surface area contributed by atoms with E-state index in [-0.39, 0.29) is 6.10 Å². The van der Waals surface area contributed by atoms with Crippen LogP contribution >= 0.6 is 0 Å². The van der Waals surface area contributed by atoms with Crippen molar-refractivity contribution in [1.82, 2.24) is 5.32 Å². The van der Waals surface area contributed by atoms with Crippen molar-refractivity contribution in [2.75, 3.05) is 6.61 Å². The van der Waals surface area contributed by atoms with Gasteiger partial charge in [0.25, 0.3) is 0 Å². The van der Waals surface area contributed by atoms with Crippen molar-refractivity contribution in [2.45, 2.75) is 39.5 Å². The van der Waals surface area contributed by atoms with Gasteiger partial charge in [-0.25, -0.2) is 4.79 Å². The summed E-state index contributed by atoms with van der Waals surface area (Å²) in [7, 11) is 0. The summed E-state index contributed by atoms with van der Waals surface area (Å²) in [4.78, 5) is 11.9. The summed E-state index contributed by atoms with van der Waals surface area (Å²) in [6.07, 6.45) is 0.0579. The Hall–Kier alpha value is -2.33. The Labute approximate surface area is 143 Å². The maximum Gasteiger partial charge on any atom is 0.407 e. The minimum absolute atomic E-state index is 0.245. The van der Waals surface area contributed by atoms with Crippen LogP contribution in [0.2, 0.25) is 0 Å². The first-order valence-corrected chi connectivity index (χ1v) is 8.29. The molecule has 0 spiro atoms. The molecular formula is C20H25NO3. The van der Waals surface area contributed by atoms with Gasteiger partial charge in [-0.15, -0.1) is 0 Å². The summed E-state index contributed by atoms with van der Waals surface area (Å²) in [5, 5.41) is 2.76. The summed E-state index contributed by atoms with van der Waals surface area (Å²) in [6.45, 7) is 5.40. The molecule has 0 bridgehead atoms. The molecule has 0 heterocycles. The molecule has 128 valence electrons. The van der Waals surface area contributed by atoms with Crippen LogP contribution in [0.5, 0.6) is 0 Å². The highest BCUT2D eigenvalue weighted by atomic mass is 16.6. The quantitative estimate of drug-likeness (QED) is 0.790. The van der Waals surface area contributed by atoms with Gasteiger partial charge in [-0.05, 0) is 24.5 Å². The van der Waals surface area contributed by atoms with Crippen molar-refractivity contribution >= 4 is 6.09 Å². The van der Waals surface area contributed by atoms with Gasteiger partial charge in [0.2, 0.25) is 0 Å². The fourth-order valence-electron chi connectivity index (χ4n) is 2.31. The molecule has 0 aliphatic carbocycles. The molecule has 0 saturated carbocycles. The lowest BCUT2D eigenvalue weighted by Gasteiger charge is -2.17. The monoisotopic (exact) mass is 327 g/mol. The molecule has 0 fully saturated rings. The Morgan fingerprint density at radius 2 is 1.83 bits per heavy atom. The maximum atomic E-state index is 11.9. The number of carbonyl (C=O) groups excluding carboxylic acids is 1. The lowest BCUT2D eigenvalue weighted by Crippen LogP contribution is -2.30. The van der Waals surface area contributed by atoms with E-state index in [0.29, 0.717) is 26.2 Å². The van der Waals surface area contributed by atoms with Gasteiger partial charge in [-0.3, -0.25) is 0 Å². The molecule has 1 amide bonds. The van der Waals surface area contributed by atoms with Gasteiger partial charge in [-0.2, -0.15) is 0 Å². The van der Waals surface area contributed by atoms with E-state index in [2.05, 4.69) is 24.4 Å². The Morgan fingerprint density at radius 1 is 1.08 bits per heavy atom. The molecule has 0 aromatic heterocycles. The van der Waals surface area contributed by atoms with E-state index in [1.165, 1.54) is 5.56 Å². The van der Waals surface area contributed by atoms with E-state index in [9.17, 15) is 4.79 Å². The SMILES string of the molecule is CCC(COCc1cccc(C)c1)OC(=O)NCc1ccccc1. The number of hydrogen-bond acceptors (Lipinski definition) is 3. The van der Waals surface area contributed by atoms with Crippen molar-refractivity contribution in [3.05, 3.63) is 71.3 Å². The Kier molecular flexibility index (Phi) is 7.30. The first-order chi connectivity index (χ1) is 11.7. The van der Waals surface area contributed by atoms with Crippen molar-refractivity contribution in [1.29, 1.82) is 0 Å². The average molecular weight is 327 g/mol. The third kappa shape index (κ3) is 6.42. The topological polar surface area (TPSA) is 47.6 Å². The number of rotatable bonds is 8. The van der Waals surface area contributed by atoms with Crippen LogP contribution in [0.1, 0.15) is 30.0 Å². The van der Waals surface area contributed by atoms with Gasteiger partial charge < -0.3 is 14.8 Å². The zero-order chi connectivity index (χ0) is 17.2. The van der Waals surface area contributed by atoms with Gasteiger partial charge in [0, 0.05) is 6.54 Å². The molecule has 2 rings (SSSR count). The highest BCUT2D eigenvalue weighted by molar-refractivity contribution is 5.67. The second-order valence-corrected chi connectivity index (χ2v) is 5.78. The standard InChI is InChI=1S/C20H25NO3/c1-3-19(15-23-14-18-11-7-8-16(2)12-18)24-20(22)21-13-17-9-5-4-6-10-17/h4-12,19H,3,13-15H2,1-2H3,(H,21,22). The van der Waals surface area contributed by atoms with E-state index in [1.807, 2.05) is 49.4 Å². The number of alkyl carbamates (subject to hydrolysis) is 1. The molecule has 4 nitrogen and oxygen atoms in total. The molecule has 2 aromatic rings. The molecule has 1 atom stereocenters. The highest BCUT2D eigenvalue weighted by Gasteiger charge is 2.12. The number of ether oxygens (including phenoxy) is 2. The van der Waals surface area contributed by atoms with Crippen molar-refractivity contribution in [3.63, 3.8) is 0 Å². The lowest BCUT2D eigenvalue weighted by molar-refractivity contribution is 0.0118. The second-order valence-electron chi connectivity index (χ2n) is 5.78. The second kappa shape index (κ2) is 9.73. The van der Waals surface area contributed by atoms with Gasteiger partial charge in [0.05, 0.1) is 13.2 Å². The number of benzene rings is 2. The van der Waals surface area contributed by atoms with Crippen LogP contribution in [-0.4, -0.2) is 18.8 Å². The minimum atomic E-state index is -0.412. The van der Waals surface area contributed by atoms with Crippen LogP contribution in [0.15, 0.2) is 54.6 Å². The van der Waals surface area contributed by atoms with Crippen molar-refractivity contribution in [2.24, 2.45) is 0 Å². The zero-order valence-corrected chi connectivity index (χ0v) is 14.3. The third-order valence-corrected chi connectivity index (χ3v) is 3.66. The molecule has 4 heteroatoms. The van der Waals surface area contributed by atoms with Crippen LogP contribution in [0.3, 0.4) is 0 Å². The van der Waals surface area contributed by atoms with E-state index in [0.717, 1.165) is 11.1 Å². The lowest BCUT2D eigenvalue weighted by atomic mass is 10.1. The van der Waals surface area contributed by atoms with Gasteiger partial charge in [0.15, 0.2) is 0 Å². The molecule has 0 aliphatic heterocycles. The van der Waals surface area contributed by atoms with Gasteiger partial charge in [0.1, 0.15) is 6.10 Å². The number of hydrogen-bond donors (Lipinski definition) is 1. The van der Waals surface area contributed by atoms with Crippen LogP contribution < -0.4 is 5.32 Å². The van der Waals surface area contributed by atoms with E-state index in [4.69, 9.17) is 9.47 Å². The van der Waals surface area contributed by atoms with Crippen LogP contribution in [0.25, 0.3) is 0 Å². The number of aryl methyl sites for hydroxylation is 1. The van der Waals surface area contributed by atoms with Crippen molar-refractivity contribution in [3.8, 4) is 0 Å². The largest absolute Gasteiger partial charge is 0.444 e. The summed E-state index contributed by atoms with van der Waals surface area (Å²) in [6, 6.07) is 17.9. The smallest absolute Gasteiger partial charge is 0.407 e. The average Bonchev–Trinajstić information content (AvgIpc) is 2.60. The predicted octanol–water partition coefficient (Wildman–Crippen LogP) is 4.22. The molecule has 1 N–H and O–H groups in total. The van der Waals surface area contributed by atoms with Gasteiger partial charge >= 0.3 is 6.09 Å². The minimum Gasteiger partial charge on any atom is -0.444 e. The summed E-state index contributed by atoms with van der Waals surface area (Å²) in [5.74, 6) is 0. The molecule has 0 aliphatic rings. The Balaban J connectivity index is 1.70. The van der Waals surface area contributed by atoms with E-state index < -0.39 is 6.09 Å². The van der Waals surface area contributed by atoms with Crippen LogP contribution in [0, 0.1) is 6.92 Å². The van der Waals surface area contributed by atoms with E-state index in [1.54, 1.807) is 0 Å². The third-order valence-electron chi connectivity index (χ3n) is 3.66. The Morgan fingerprint density at radius 3 is 2.54 bits per heavy atom. The van der Waals surface area contributed by atoms with E-state index >= 15 is 0 Å². The maximum absolute atomic E-state index is 11.9. The highest BCUT2D eigenvalue weighted by Crippen LogP contribution is 2.07. The van der Waals surface area contributed by atoms with Crippen LogP contribution in [0.4, 0.5) is 4.79 Å². The fraction of sp³-hybridized carbons (Fsp3) is 0.350. The first-order valence-electron chi connectivity index (χ1n) is 8.29. The molecule has 1 unspecified atom stereocenters. The van der Waals surface area contributed by atoms with Crippen LogP contribution in [-0.2, 0) is 22.6 Å². The Bertz CT molecular complexity index is 628. The summed E-state index contributed by atoms with van der Waals surface area (Å²) < 4.78 is 11.1. The molecule has 0 saturated heterocycles. The number of nitrogens with one attached hydrogen (secondary N) is 1. The molecule has 24 heavy (non-hydrogen) atoms. The first kappa shape index (κ1) is 18.0. The number of carbonyl (C=O) groups is 1. The predicted molar refractivity (Wildman–Crippen MR) is 94.7 cm³/mol. The molecule has 2 aromatic carbocycles. The number of amides is 1. The van der Waals surface area contributed by atoms with Gasteiger partial charge in [-0.1, -0.05) is 67.1 Å². The molecular weight excluding hydrogens is 302 g/mol.